The molecule has 2 saturated carbocycles. The van der Waals surface area contributed by atoms with Crippen LogP contribution >= 0.6 is 0 Å². The molecule has 1 spiro atoms. The third kappa shape index (κ3) is 2.90. The molecular weight excluding hydrogens is 348 g/mol. The second kappa shape index (κ2) is 6.64. The molecule has 0 aromatic carbocycles. The van der Waals surface area contributed by atoms with Crippen molar-refractivity contribution in [1.29, 1.82) is 0 Å². The SMILES string of the molecule is C[C@H]1[C@@H](OC2CCC(O)CC2)O[C@@H]2O[C@@]3(C)CC[C@H]4[C@H](C)CC[C@@H]1[C@@]24OO3. The fourth-order valence-electron chi connectivity index (χ4n) is 6.40. The Morgan fingerprint density at radius 3 is 2.48 bits per heavy atom. The van der Waals surface area contributed by atoms with Crippen molar-refractivity contribution in [3.8, 4) is 0 Å². The van der Waals surface area contributed by atoms with Crippen LogP contribution in [-0.4, -0.2) is 41.3 Å². The van der Waals surface area contributed by atoms with Gasteiger partial charge in [-0.3, -0.25) is 0 Å². The average molecular weight is 382 g/mol. The highest BCUT2D eigenvalue weighted by atomic mass is 17.3. The van der Waals surface area contributed by atoms with Crippen molar-refractivity contribution in [3.05, 3.63) is 0 Å². The van der Waals surface area contributed by atoms with E-state index in [0.29, 0.717) is 17.8 Å². The molecule has 6 fully saturated rings. The molecule has 6 rings (SSSR count). The molecule has 4 heterocycles. The number of fused-ring (bicyclic) bond motifs is 2. The van der Waals surface area contributed by atoms with Crippen LogP contribution in [0.15, 0.2) is 0 Å². The summed E-state index contributed by atoms with van der Waals surface area (Å²) >= 11 is 0. The molecule has 8 atom stereocenters. The molecule has 0 amide bonds. The summed E-state index contributed by atoms with van der Waals surface area (Å²) < 4.78 is 19.3. The molecule has 6 nitrogen and oxygen atoms in total. The van der Waals surface area contributed by atoms with Gasteiger partial charge in [-0.05, 0) is 63.7 Å². The first-order valence-corrected chi connectivity index (χ1v) is 10.9. The zero-order chi connectivity index (χ0) is 18.8. The minimum atomic E-state index is -0.738. The van der Waals surface area contributed by atoms with E-state index in [1.54, 1.807) is 0 Å². The van der Waals surface area contributed by atoms with Gasteiger partial charge in [0.1, 0.15) is 0 Å². The van der Waals surface area contributed by atoms with Crippen molar-refractivity contribution in [3.63, 3.8) is 0 Å². The van der Waals surface area contributed by atoms with E-state index < -0.39 is 17.7 Å². The van der Waals surface area contributed by atoms with Crippen molar-refractivity contribution in [2.75, 3.05) is 0 Å². The second-order valence-corrected chi connectivity index (χ2v) is 9.84. The maximum absolute atomic E-state index is 9.77. The molecule has 4 saturated heterocycles. The molecular formula is C21H34O6. The van der Waals surface area contributed by atoms with Crippen molar-refractivity contribution in [2.45, 2.75) is 108 Å². The summed E-state index contributed by atoms with van der Waals surface area (Å²) in [7, 11) is 0. The number of hydrogen-bond acceptors (Lipinski definition) is 6. The number of aliphatic hydroxyl groups is 1. The van der Waals surface area contributed by atoms with E-state index in [4.69, 9.17) is 24.0 Å². The lowest BCUT2D eigenvalue weighted by atomic mass is 9.58. The Hall–Kier alpha value is -0.240. The zero-order valence-electron chi connectivity index (χ0n) is 16.8. The van der Waals surface area contributed by atoms with Gasteiger partial charge in [0.05, 0.1) is 12.2 Å². The summed E-state index contributed by atoms with van der Waals surface area (Å²) in [5.41, 5.74) is -0.518. The molecule has 2 bridgehead atoms. The minimum Gasteiger partial charge on any atom is -0.393 e. The van der Waals surface area contributed by atoms with Crippen LogP contribution in [-0.2, 0) is 24.0 Å². The monoisotopic (exact) mass is 382 g/mol. The zero-order valence-corrected chi connectivity index (χ0v) is 16.8. The van der Waals surface area contributed by atoms with Gasteiger partial charge in [0.25, 0.3) is 0 Å². The molecule has 2 aliphatic carbocycles. The minimum absolute atomic E-state index is 0.156. The van der Waals surface area contributed by atoms with Crippen LogP contribution in [0, 0.1) is 23.7 Å². The van der Waals surface area contributed by atoms with Crippen LogP contribution in [0.1, 0.15) is 72.1 Å². The van der Waals surface area contributed by atoms with Gasteiger partial charge in [-0.2, -0.15) is 0 Å². The first-order valence-electron chi connectivity index (χ1n) is 10.9. The van der Waals surface area contributed by atoms with E-state index >= 15 is 0 Å². The molecule has 0 radical (unpaired) electrons. The van der Waals surface area contributed by atoms with Crippen LogP contribution in [0.3, 0.4) is 0 Å². The second-order valence-electron chi connectivity index (χ2n) is 9.84. The number of hydrogen-bond donors (Lipinski definition) is 1. The lowest BCUT2D eigenvalue weighted by Crippen LogP contribution is -2.70. The standard InChI is InChI=1S/C21H34O6/c1-12-4-9-17-13(2)18(23-15-7-5-14(22)6-8-15)24-19-21(17)16(12)10-11-20(3,25-19)26-27-21/h12-19,22H,4-11H2,1-3H3/t12-,13-,14?,15?,16+,17+,18+,19-,20-,21-/m1/s1. The average Bonchev–Trinajstić information content (AvgIpc) is 2.87. The van der Waals surface area contributed by atoms with E-state index in [2.05, 4.69) is 13.8 Å². The normalized spacial score (nSPS) is 57.8. The smallest absolute Gasteiger partial charge is 0.201 e. The van der Waals surface area contributed by atoms with Gasteiger partial charge in [-0.15, -0.1) is 0 Å². The summed E-state index contributed by atoms with van der Waals surface area (Å²) in [5, 5.41) is 9.77. The molecule has 0 unspecified atom stereocenters. The quantitative estimate of drug-likeness (QED) is 0.737. The molecule has 6 aliphatic rings. The summed E-state index contributed by atoms with van der Waals surface area (Å²) in [6, 6.07) is 0. The van der Waals surface area contributed by atoms with E-state index in [-0.39, 0.29) is 24.4 Å². The van der Waals surface area contributed by atoms with Gasteiger partial charge in [-0.1, -0.05) is 13.8 Å². The van der Waals surface area contributed by atoms with Gasteiger partial charge in [-0.25, -0.2) is 9.78 Å². The number of ether oxygens (including phenoxy) is 3. The van der Waals surface area contributed by atoms with Crippen molar-refractivity contribution in [1.82, 2.24) is 0 Å². The van der Waals surface area contributed by atoms with Crippen LogP contribution in [0.4, 0.5) is 0 Å². The Balaban J connectivity index is 1.41. The topological polar surface area (TPSA) is 66.4 Å². The van der Waals surface area contributed by atoms with Crippen molar-refractivity contribution < 1.29 is 29.1 Å². The summed E-state index contributed by atoms with van der Waals surface area (Å²) in [4.78, 5) is 12.0. The predicted molar refractivity (Wildman–Crippen MR) is 96.2 cm³/mol. The van der Waals surface area contributed by atoms with E-state index in [9.17, 15) is 5.11 Å². The third-order valence-corrected chi connectivity index (χ3v) is 8.07. The highest BCUT2D eigenvalue weighted by Crippen LogP contribution is 2.60. The Bertz CT molecular complexity index is 563. The highest BCUT2D eigenvalue weighted by molar-refractivity contribution is 5.09. The first-order chi connectivity index (χ1) is 12.9. The predicted octanol–water partition coefficient (Wildman–Crippen LogP) is 3.51. The third-order valence-electron chi connectivity index (χ3n) is 8.07. The van der Waals surface area contributed by atoms with Crippen molar-refractivity contribution in [2.24, 2.45) is 23.7 Å². The summed E-state index contributed by atoms with van der Waals surface area (Å²) in [6.07, 6.45) is 6.84. The maximum atomic E-state index is 9.77. The van der Waals surface area contributed by atoms with Crippen molar-refractivity contribution >= 4 is 0 Å². The Morgan fingerprint density at radius 2 is 1.70 bits per heavy atom. The molecule has 154 valence electrons. The maximum Gasteiger partial charge on any atom is 0.201 e. The molecule has 27 heavy (non-hydrogen) atoms. The van der Waals surface area contributed by atoms with Crippen LogP contribution in [0.2, 0.25) is 0 Å². The Morgan fingerprint density at radius 1 is 0.926 bits per heavy atom. The summed E-state index contributed by atoms with van der Waals surface area (Å²) in [5.74, 6) is 0.748. The molecule has 4 aliphatic heterocycles. The lowest BCUT2D eigenvalue weighted by molar-refractivity contribution is -0.578. The van der Waals surface area contributed by atoms with E-state index in [1.807, 2.05) is 6.92 Å². The molecule has 0 aromatic rings. The van der Waals surface area contributed by atoms with E-state index in [1.165, 1.54) is 6.42 Å². The van der Waals surface area contributed by atoms with E-state index in [0.717, 1.165) is 44.9 Å². The van der Waals surface area contributed by atoms with Gasteiger partial charge in [0.15, 0.2) is 18.2 Å². The van der Waals surface area contributed by atoms with Crippen LogP contribution < -0.4 is 0 Å². The van der Waals surface area contributed by atoms with Gasteiger partial charge < -0.3 is 19.3 Å². The molecule has 0 aromatic heterocycles. The van der Waals surface area contributed by atoms with Crippen LogP contribution in [0.5, 0.6) is 0 Å². The van der Waals surface area contributed by atoms with Gasteiger partial charge in [0, 0.05) is 18.3 Å². The fraction of sp³-hybridized carbons (Fsp3) is 1.00. The Labute approximate surface area is 161 Å². The lowest BCUT2D eigenvalue weighted by Gasteiger charge is -2.60. The fourth-order valence-corrected chi connectivity index (χ4v) is 6.40. The Kier molecular flexibility index (Phi) is 4.62. The summed E-state index contributed by atoms with van der Waals surface area (Å²) in [6.45, 7) is 6.52. The number of aliphatic hydroxyl groups excluding tert-OH is 1. The van der Waals surface area contributed by atoms with Gasteiger partial charge in [0.2, 0.25) is 5.79 Å². The van der Waals surface area contributed by atoms with Crippen LogP contribution in [0.25, 0.3) is 0 Å². The molecule has 6 heteroatoms. The molecule has 1 N–H and O–H groups in total. The number of rotatable bonds is 2. The highest BCUT2D eigenvalue weighted by Gasteiger charge is 2.69. The largest absolute Gasteiger partial charge is 0.393 e. The van der Waals surface area contributed by atoms with Gasteiger partial charge >= 0.3 is 0 Å². The first kappa shape index (κ1) is 18.8.